The first kappa shape index (κ1) is 15.8. The fourth-order valence-corrected chi connectivity index (χ4v) is 2.44. The third-order valence-corrected chi connectivity index (χ3v) is 3.30. The maximum Gasteiger partial charge on any atom is 0.122 e. The van der Waals surface area contributed by atoms with Crippen LogP contribution < -0.4 is 15.2 Å². The smallest absolute Gasteiger partial charge is 0.122 e. The van der Waals surface area contributed by atoms with Gasteiger partial charge in [0.1, 0.15) is 11.5 Å². The predicted molar refractivity (Wildman–Crippen MR) is 79.0 cm³/mol. The molecule has 0 aliphatic heterocycles. The van der Waals surface area contributed by atoms with E-state index in [9.17, 15) is 0 Å². The molecule has 0 spiro atoms. The minimum absolute atomic E-state index is 0.0170. The summed E-state index contributed by atoms with van der Waals surface area (Å²) in [7, 11) is 7.50. The second-order valence-corrected chi connectivity index (χ2v) is 5.61. The maximum atomic E-state index is 5.97. The van der Waals surface area contributed by atoms with Gasteiger partial charge in [-0.15, -0.1) is 0 Å². The van der Waals surface area contributed by atoms with E-state index in [4.69, 9.17) is 15.2 Å². The van der Waals surface area contributed by atoms with Gasteiger partial charge < -0.3 is 20.1 Å². The zero-order valence-corrected chi connectivity index (χ0v) is 12.7. The molecular weight excluding hydrogens is 240 g/mol. The molecule has 2 N–H and O–H groups in total. The van der Waals surface area contributed by atoms with Gasteiger partial charge in [-0.05, 0) is 56.2 Å². The van der Waals surface area contributed by atoms with Crippen LogP contribution in [0.3, 0.4) is 0 Å². The van der Waals surface area contributed by atoms with Crippen molar-refractivity contribution in [2.24, 2.45) is 11.1 Å². The van der Waals surface area contributed by atoms with Gasteiger partial charge in [0.05, 0.1) is 14.2 Å². The molecule has 4 heteroatoms. The van der Waals surface area contributed by atoms with Gasteiger partial charge >= 0.3 is 0 Å². The van der Waals surface area contributed by atoms with Crippen LogP contribution >= 0.6 is 0 Å². The lowest BCUT2D eigenvalue weighted by Crippen LogP contribution is -2.39. The zero-order valence-electron chi connectivity index (χ0n) is 12.7. The molecule has 0 amide bonds. The summed E-state index contributed by atoms with van der Waals surface area (Å²) < 4.78 is 10.7. The predicted octanol–water partition coefficient (Wildman–Crippen LogP) is 1.77. The minimum atomic E-state index is 0.0170. The van der Waals surface area contributed by atoms with E-state index >= 15 is 0 Å². The Hall–Kier alpha value is -1.26. The van der Waals surface area contributed by atoms with Crippen molar-refractivity contribution in [2.45, 2.75) is 13.3 Å². The second-order valence-electron chi connectivity index (χ2n) is 5.61. The lowest BCUT2D eigenvalue weighted by molar-refractivity contribution is 0.222. The van der Waals surface area contributed by atoms with E-state index in [2.05, 4.69) is 25.9 Å². The van der Waals surface area contributed by atoms with Gasteiger partial charge in [-0.25, -0.2) is 0 Å². The summed E-state index contributed by atoms with van der Waals surface area (Å²) in [4.78, 5) is 2.17. The van der Waals surface area contributed by atoms with Crippen molar-refractivity contribution >= 4 is 0 Å². The third kappa shape index (κ3) is 4.40. The van der Waals surface area contributed by atoms with Gasteiger partial charge in [0.25, 0.3) is 0 Å². The van der Waals surface area contributed by atoms with Crippen LogP contribution in [0.2, 0.25) is 0 Å². The highest BCUT2D eigenvalue weighted by atomic mass is 16.5. The Balaban J connectivity index is 3.00. The fraction of sp³-hybridized carbons (Fsp3) is 0.600. The van der Waals surface area contributed by atoms with Crippen molar-refractivity contribution in [3.63, 3.8) is 0 Å². The number of nitrogens with two attached hydrogens (primary N) is 1. The molecule has 108 valence electrons. The molecule has 4 nitrogen and oxygen atoms in total. The Morgan fingerprint density at radius 3 is 2.37 bits per heavy atom. The topological polar surface area (TPSA) is 47.7 Å². The lowest BCUT2D eigenvalue weighted by Gasteiger charge is -2.31. The van der Waals surface area contributed by atoms with E-state index in [0.717, 1.165) is 30.0 Å². The van der Waals surface area contributed by atoms with Gasteiger partial charge in [-0.1, -0.05) is 6.92 Å². The summed E-state index contributed by atoms with van der Waals surface area (Å²) in [5, 5.41) is 0. The number of rotatable bonds is 7. The molecule has 1 rings (SSSR count). The Labute approximate surface area is 116 Å². The van der Waals surface area contributed by atoms with Crippen LogP contribution in [0, 0.1) is 5.41 Å². The van der Waals surface area contributed by atoms with Crippen LogP contribution in [0.15, 0.2) is 18.2 Å². The van der Waals surface area contributed by atoms with Crippen molar-refractivity contribution in [3.05, 3.63) is 23.8 Å². The van der Waals surface area contributed by atoms with E-state index in [-0.39, 0.29) is 5.41 Å². The second kappa shape index (κ2) is 6.78. The van der Waals surface area contributed by atoms with Crippen LogP contribution in [-0.4, -0.2) is 46.3 Å². The number of nitrogens with zero attached hydrogens (tertiary/aromatic N) is 1. The van der Waals surface area contributed by atoms with E-state index < -0.39 is 0 Å². The number of hydrogen-bond acceptors (Lipinski definition) is 4. The first-order valence-corrected chi connectivity index (χ1v) is 6.50. The summed E-state index contributed by atoms with van der Waals surface area (Å²) in [5.74, 6) is 1.74. The van der Waals surface area contributed by atoms with E-state index in [0.29, 0.717) is 6.54 Å². The molecule has 0 saturated heterocycles. The Morgan fingerprint density at radius 1 is 1.21 bits per heavy atom. The van der Waals surface area contributed by atoms with Crippen LogP contribution in [0.4, 0.5) is 0 Å². The average Bonchev–Trinajstić information content (AvgIpc) is 2.37. The van der Waals surface area contributed by atoms with Gasteiger partial charge in [-0.3, -0.25) is 0 Å². The highest BCUT2D eigenvalue weighted by Gasteiger charge is 2.25. The summed E-state index contributed by atoms with van der Waals surface area (Å²) in [6.45, 7) is 3.77. The molecular formula is C15H26N2O2. The summed E-state index contributed by atoms with van der Waals surface area (Å²) in [6, 6.07) is 5.89. The molecule has 0 aromatic heterocycles. The van der Waals surface area contributed by atoms with E-state index in [1.807, 2.05) is 18.2 Å². The number of hydrogen-bond donors (Lipinski definition) is 1. The fourth-order valence-electron chi connectivity index (χ4n) is 2.44. The molecule has 19 heavy (non-hydrogen) atoms. The van der Waals surface area contributed by atoms with Crippen LogP contribution in [0.1, 0.15) is 12.5 Å². The van der Waals surface area contributed by atoms with Crippen molar-refractivity contribution in [1.82, 2.24) is 4.90 Å². The standard InChI is InChI=1S/C15H26N2O2/c1-15(10-16,11-17(2)3)9-12-8-13(18-4)6-7-14(12)19-5/h6-8H,9-11,16H2,1-5H3. The molecule has 0 saturated carbocycles. The third-order valence-electron chi connectivity index (χ3n) is 3.30. The summed E-state index contributed by atoms with van der Waals surface area (Å²) in [6.07, 6.45) is 0.863. The molecule has 1 atom stereocenters. The largest absolute Gasteiger partial charge is 0.497 e. The quantitative estimate of drug-likeness (QED) is 0.817. The lowest BCUT2D eigenvalue weighted by atomic mass is 9.83. The first-order valence-electron chi connectivity index (χ1n) is 6.50. The monoisotopic (exact) mass is 266 g/mol. The molecule has 0 fully saturated rings. The van der Waals surface area contributed by atoms with Crippen molar-refractivity contribution in [1.29, 1.82) is 0 Å². The summed E-state index contributed by atoms with van der Waals surface area (Å²) >= 11 is 0. The maximum absolute atomic E-state index is 5.97. The van der Waals surface area contributed by atoms with Crippen LogP contribution in [0.5, 0.6) is 11.5 Å². The van der Waals surface area contributed by atoms with Gasteiger partial charge in [0, 0.05) is 6.54 Å². The van der Waals surface area contributed by atoms with Gasteiger partial charge in [0.15, 0.2) is 0 Å². The number of benzene rings is 1. The van der Waals surface area contributed by atoms with Crippen LogP contribution in [-0.2, 0) is 6.42 Å². The molecule has 1 aromatic rings. The molecule has 1 unspecified atom stereocenters. The molecule has 0 aliphatic carbocycles. The van der Waals surface area contributed by atoms with Crippen LogP contribution in [0.25, 0.3) is 0 Å². The molecule has 0 radical (unpaired) electrons. The number of methoxy groups -OCH3 is 2. The highest BCUT2D eigenvalue weighted by molar-refractivity contribution is 5.41. The Bertz CT molecular complexity index is 407. The normalized spacial score (nSPS) is 14.3. The highest BCUT2D eigenvalue weighted by Crippen LogP contribution is 2.30. The van der Waals surface area contributed by atoms with Crippen molar-refractivity contribution in [2.75, 3.05) is 41.4 Å². The Kier molecular flexibility index (Phi) is 5.63. The van der Waals surface area contributed by atoms with E-state index in [1.54, 1.807) is 14.2 Å². The SMILES string of the molecule is COc1ccc(OC)c(CC(C)(CN)CN(C)C)c1. The Morgan fingerprint density at radius 2 is 1.89 bits per heavy atom. The van der Waals surface area contributed by atoms with E-state index in [1.165, 1.54) is 0 Å². The zero-order chi connectivity index (χ0) is 14.5. The molecule has 0 aliphatic rings. The number of ether oxygens (including phenoxy) is 2. The molecule has 0 heterocycles. The van der Waals surface area contributed by atoms with Crippen molar-refractivity contribution < 1.29 is 9.47 Å². The average molecular weight is 266 g/mol. The first-order chi connectivity index (χ1) is 8.94. The summed E-state index contributed by atoms with van der Waals surface area (Å²) in [5.41, 5.74) is 7.12. The van der Waals surface area contributed by atoms with Gasteiger partial charge in [-0.2, -0.15) is 0 Å². The minimum Gasteiger partial charge on any atom is -0.497 e. The van der Waals surface area contributed by atoms with Crippen molar-refractivity contribution in [3.8, 4) is 11.5 Å². The molecule has 1 aromatic carbocycles. The van der Waals surface area contributed by atoms with Gasteiger partial charge in [0.2, 0.25) is 0 Å². The molecule has 0 bridgehead atoms.